The van der Waals surface area contributed by atoms with Gasteiger partial charge in [-0.05, 0) is 111 Å². The Morgan fingerprint density at radius 2 is 1.76 bits per heavy atom. The molecule has 0 unspecified atom stereocenters. The normalized spacial score (nSPS) is 14.8. The Labute approximate surface area is 218 Å². The van der Waals surface area contributed by atoms with Crippen molar-refractivity contribution < 1.29 is 19.1 Å². The molecule has 1 saturated heterocycles. The van der Waals surface area contributed by atoms with Gasteiger partial charge in [0.15, 0.2) is 11.5 Å². The number of carbonyl (C=O) groups is 2. The van der Waals surface area contributed by atoms with Gasteiger partial charge in [0, 0.05) is 3.57 Å². The topological polar surface area (TPSA) is 55.8 Å². The standard InChI is InChI=1S/C25H19BrINO4S/c1-2-31-21-13-17(12-20(26)23(21)32-15-16-8-10-18(27)11-9-16)14-22-24(29)28(25(30)33-22)19-6-4-3-5-7-19/h3-14H,2,15H2,1H3/b22-14-. The molecule has 3 aromatic carbocycles. The van der Waals surface area contributed by atoms with E-state index in [1.807, 2.05) is 49.4 Å². The van der Waals surface area contributed by atoms with Crippen molar-refractivity contribution in [3.05, 3.63) is 90.8 Å². The lowest BCUT2D eigenvalue weighted by atomic mass is 10.1. The first kappa shape index (κ1) is 23.8. The van der Waals surface area contributed by atoms with Crippen LogP contribution in [0.4, 0.5) is 10.5 Å². The smallest absolute Gasteiger partial charge is 0.298 e. The van der Waals surface area contributed by atoms with E-state index in [-0.39, 0.29) is 11.1 Å². The van der Waals surface area contributed by atoms with Gasteiger partial charge in [0.1, 0.15) is 6.61 Å². The van der Waals surface area contributed by atoms with Crippen molar-refractivity contribution in [2.45, 2.75) is 13.5 Å². The van der Waals surface area contributed by atoms with Gasteiger partial charge in [-0.2, -0.15) is 0 Å². The molecule has 1 fully saturated rings. The van der Waals surface area contributed by atoms with E-state index in [9.17, 15) is 9.59 Å². The number of halogens is 2. The minimum absolute atomic E-state index is 0.320. The first-order valence-electron chi connectivity index (χ1n) is 10.1. The van der Waals surface area contributed by atoms with E-state index in [0.29, 0.717) is 39.8 Å². The summed E-state index contributed by atoms with van der Waals surface area (Å²) >= 11 is 6.76. The lowest BCUT2D eigenvalue weighted by Gasteiger charge is -2.15. The van der Waals surface area contributed by atoms with Gasteiger partial charge < -0.3 is 9.47 Å². The van der Waals surface area contributed by atoms with Gasteiger partial charge in [0.25, 0.3) is 11.1 Å². The van der Waals surface area contributed by atoms with Gasteiger partial charge >= 0.3 is 0 Å². The van der Waals surface area contributed by atoms with Crippen LogP contribution in [0.5, 0.6) is 11.5 Å². The molecule has 1 aliphatic rings. The van der Waals surface area contributed by atoms with Gasteiger partial charge in [-0.25, -0.2) is 4.90 Å². The number of anilines is 1. The Hall–Kier alpha value is -2.30. The zero-order valence-corrected chi connectivity index (χ0v) is 22.1. The number of carbonyl (C=O) groups excluding carboxylic acids is 2. The molecule has 3 aromatic rings. The molecular weight excluding hydrogens is 617 g/mol. The average molecular weight is 636 g/mol. The third-order valence-corrected chi connectivity index (χ3v) is 6.91. The van der Waals surface area contributed by atoms with Crippen LogP contribution < -0.4 is 14.4 Å². The number of para-hydroxylation sites is 1. The number of hydrogen-bond donors (Lipinski definition) is 0. The number of rotatable bonds is 7. The Morgan fingerprint density at radius 1 is 1.03 bits per heavy atom. The highest BCUT2D eigenvalue weighted by Gasteiger charge is 2.36. The fourth-order valence-electron chi connectivity index (χ4n) is 3.23. The third-order valence-electron chi connectivity index (χ3n) is 4.73. The van der Waals surface area contributed by atoms with Gasteiger partial charge in [0.2, 0.25) is 0 Å². The molecule has 0 aromatic heterocycles. The lowest BCUT2D eigenvalue weighted by Crippen LogP contribution is -2.27. The summed E-state index contributed by atoms with van der Waals surface area (Å²) in [5.74, 6) is 0.806. The Morgan fingerprint density at radius 3 is 2.45 bits per heavy atom. The molecule has 1 heterocycles. The Balaban J connectivity index is 1.59. The number of thioether (sulfide) groups is 1. The predicted octanol–water partition coefficient (Wildman–Crippen LogP) is 7.27. The predicted molar refractivity (Wildman–Crippen MR) is 144 cm³/mol. The van der Waals surface area contributed by atoms with E-state index in [4.69, 9.17) is 9.47 Å². The molecule has 33 heavy (non-hydrogen) atoms. The van der Waals surface area contributed by atoms with E-state index in [1.165, 1.54) is 4.90 Å². The summed E-state index contributed by atoms with van der Waals surface area (Å²) < 4.78 is 13.7. The molecule has 8 heteroatoms. The summed E-state index contributed by atoms with van der Waals surface area (Å²) in [6.45, 7) is 2.75. The molecule has 5 nitrogen and oxygen atoms in total. The number of imide groups is 1. The molecule has 0 saturated carbocycles. The lowest BCUT2D eigenvalue weighted by molar-refractivity contribution is -0.113. The zero-order chi connectivity index (χ0) is 23.4. The SMILES string of the molecule is CCOc1cc(/C=C2\SC(=O)N(c3ccccc3)C2=O)cc(Br)c1OCc1ccc(I)cc1. The van der Waals surface area contributed by atoms with Crippen LogP contribution in [0, 0.1) is 3.57 Å². The summed E-state index contributed by atoms with van der Waals surface area (Å²) in [4.78, 5) is 26.9. The van der Waals surface area contributed by atoms with Crippen LogP contribution in [0.15, 0.2) is 76.1 Å². The molecule has 0 atom stereocenters. The summed E-state index contributed by atoms with van der Waals surface area (Å²) in [6.07, 6.45) is 1.70. The monoisotopic (exact) mass is 635 g/mol. The van der Waals surface area contributed by atoms with E-state index < -0.39 is 0 Å². The molecule has 168 valence electrons. The molecular formula is C25H19BrINO4S. The van der Waals surface area contributed by atoms with Gasteiger partial charge in [-0.3, -0.25) is 9.59 Å². The number of hydrogen-bond acceptors (Lipinski definition) is 5. The minimum Gasteiger partial charge on any atom is -0.490 e. The summed E-state index contributed by atoms with van der Waals surface area (Å²) in [5, 5.41) is -0.320. The van der Waals surface area contributed by atoms with Crippen LogP contribution in [0.25, 0.3) is 6.08 Å². The van der Waals surface area contributed by atoms with Crippen LogP contribution in [-0.4, -0.2) is 17.8 Å². The first-order valence-corrected chi connectivity index (χ1v) is 12.8. The maximum absolute atomic E-state index is 12.9. The van der Waals surface area contributed by atoms with Crippen molar-refractivity contribution in [3.8, 4) is 11.5 Å². The first-order chi connectivity index (χ1) is 16.0. The fourth-order valence-corrected chi connectivity index (χ4v) is 5.00. The summed E-state index contributed by atoms with van der Waals surface area (Å²) in [5.41, 5.74) is 2.33. The fraction of sp³-hybridized carbons (Fsp3) is 0.120. The van der Waals surface area contributed by atoms with Gasteiger partial charge in [0.05, 0.1) is 21.7 Å². The molecule has 0 N–H and O–H groups in total. The quantitative estimate of drug-likeness (QED) is 0.202. The summed E-state index contributed by atoms with van der Waals surface area (Å²) in [6, 6.07) is 20.7. The van der Waals surface area contributed by atoms with Crippen LogP contribution in [0.1, 0.15) is 18.1 Å². The Kier molecular flexibility index (Phi) is 7.77. The number of ether oxygens (including phenoxy) is 2. The van der Waals surface area contributed by atoms with E-state index in [1.54, 1.807) is 30.3 Å². The van der Waals surface area contributed by atoms with Crippen LogP contribution in [-0.2, 0) is 11.4 Å². The minimum atomic E-state index is -0.343. The number of amides is 2. The van der Waals surface area contributed by atoms with Crippen molar-refractivity contribution in [2.24, 2.45) is 0 Å². The van der Waals surface area contributed by atoms with Gasteiger partial charge in [-0.1, -0.05) is 30.3 Å². The molecule has 0 aliphatic carbocycles. The van der Waals surface area contributed by atoms with Crippen molar-refractivity contribution in [1.82, 2.24) is 0 Å². The highest BCUT2D eigenvalue weighted by molar-refractivity contribution is 14.1. The molecule has 2 amide bonds. The van der Waals surface area contributed by atoms with Crippen molar-refractivity contribution in [1.29, 1.82) is 0 Å². The summed E-state index contributed by atoms with van der Waals surface area (Å²) in [7, 11) is 0. The molecule has 0 spiro atoms. The number of benzene rings is 3. The van der Waals surface area contributed by atoms with Gasteiger partial charge in [-0.15, -0.1) is 0 Å². The largest absolute Gasteiger partial charge is 0.490 e. The second kappa shape index (κ2) is 10.8. The highest BCUT2D eigenvalue weighted by Crippen LogP contribution is 2.40. The van der Waals surface area contributed by atoms with Crippen LogP contribution in [0.2, 0.25) is 0 Å². The van der Waals surface area contributed by atoms with Crippen LogP contribution in [0.3, 0.4) is 0 Å². The van der Waals surface area contributed by atoms with E-state index in [2.05, 4.69) is 38.5 Å². The van der Waals surface area contributed by atoms with E-state index in [0.717, 1.165) is 26.5 Å². The maximum atomic E-state index is 12.9. The second-order valence-corrected chi connectivity index (χ2v) is 10.1. The van der Waals surface area contributed by atoms with Crippen molar-refractivity contribution >= 4 is 73.2 Å². The molecule has 1 aliphatic heterocycles. The van der Waals surface area contributed by atoms with Crippen molar-refractivity contribution in [3.63, 3.8) is 0 Å². The highest BCUT2D eigenvalue weighted by atomic mass is 127. The average Bonchev–Trinajstić information content (AvgIpc) is 3.08. The molecule has 4 rings (SSSR count). The molecule has 0 radical (unpaired) electrons. The molecule has 0 bridgehead atoms. The van der Waals surface area contributed by atoms with E-state index >= 15 is 0 Å². The van der Waals surface area contributed by atoms with Crippen LogP contribution >= 0.6 is 50.3 Å². The zero-order valence-electron chi connectivity index (χ0n) is 17.6. The van der Waals surface area contributed by atoms with Crippen molar-refractivity contribution in [2.75, 3.05) is 11.5 Å². The maximum Gasteiger partial charge on any atom is 0.298 e. The Bertz CT molecular complexity index is 1220. The second-order valence-electron chi connectivity index (χ2n) is 7.03. The number of nitrogens with zero attached hydrogens (tertiary/aromatic N) is 1. The third kappa shape index (κ3) is 5.62.